The van der Waals surface area contributed by atoms with Gasteiger partial charge in [-0.1, -0.05) is 17.7 Å². The van der Waals surface area contributed by atoms with Gasteiger partial charge >= 0.3 is 0 Å². The Morgan fingerprint density at radius 2 is 1.29 bits per heavy atom. The number of anilines is 2. The van der Waals surface area contributed by atoms with Crippen LogP contribution in [0, 0.1) is 12.8 Å². The van der Waals surface area contributed by atoms with Crippen LogP contribution in [0.15, 0.2) is 36.7 Å². The van der Waals surface area contributed by atoms with Crippen LogP contribution in [0.4, 0.5) is 11.6 Å². The molecule has 0 bridgehead atoms. The first-order valence-electron chi connectivity index (χ1n) is 15.9. The number of aromatic nitrogens is 2. The van der Waals surface area contributed by atoms with Crippen molar-refractivity contribution in [2.45, 2.75) is 19.4 Å². The second-order valence-corrected chi connectivity index (χ2v) is 13.1. The molecule has 1 aromatic heterocycles. The van der Waals surface area contributed by atoms with Crippen molar-refractivity contribution in [2.24, 2.45) is 5.92 Å². The van der Waals surface area contributed by atoms with Gasteiger partial charge in [-0.25, -0.2) is 9.97 Å². The van der Waals surface area contributed by atoms with Crippen LogP contribution in [-0.2, 0) is 6.42 Å². The van der Waals surface area contributed by atoms with Gasteiger partial charge in [0.15, 0.2) is 0 Å². The number of piperazine rings is 3. The zero-order valence-electron chi connectivity index (χ0n) is 25.7. The first-order valence-corrected chi connectivity index (χ1v) is 15.9. The summed E-state index contributed by atoms with van der Waals surface area (Å²) in [6, 6.07) is 9.51. The molecule has 4 fully saturated rings. The van der Waals surface area contributed by atoms with E-state index < -0.39 is 0 Å². The molecule has 1 unspecified atom stereocenters. The van der Waals surface area contributed by atoms with Crippen LogP contribution < -0.4 is 9.80 Å². The molecule has 0 aliphatic carbocycles. The van der Waals surface area contributed by atoms with E-state index in [2.05, 4.69) is 92.0 Å². The van der Waals surface area contributed by atoms with Crippen molar-refractivity contribution in [3.8, 4) is 0 Å². The average molecular weight is 562 g/mol. The predicted molar refractivity (Wildman–Crippen MR) is 168 cm³/mol. The lowest BCUT2D eigenvalue weighted by Gasteiger charge is -2.42. The molecule has 1 aromatic carbocycles. The molecule has 4 saturated heterocycles. The van der Waals surface area contributed by atoms with Crippen molar-refractivity contribution in [3.05, 3.63) is 47.8 Å². The fourth-order valence-electron chi connectivity index (χ4n) is 7.03. The van der Waals surface area contributed by atoms with E-state index in [1.54, 1.807) is 0 Å². The smallest absolute Gasteiger partial charge is 0.225 e. The Hall–Kier alpha value is -2.30. The summed E-state index contributed by atoms with van der Waals surface area (Å²) in [6.45, 7) is 20.5. The molecule has 224 valence electrons. The van der Waals surface area contributed by atoms with Gasteiger partial charge in [0.05, 0.1) is 0 Å². The summed E-state index contributed by atoms with van der Waals surface area (Å²) in [5, 5.41) is 0. The van der Waals surface area contributed by atoms with Gasteiger partial charge in [-0.15, -0.1) is 0 Å². The Bertz CT molecular complexity index is 1070. The normalized spacial score (nSPS) is 24.6. The minimum atomic E-state index is 0.519. The van der Waals surface area contributed by atoms with Gasteiger partial charge in [0, 0.05) is 129 Å². The number of likely N-dealkylation sites (tertiary alicyclic amines) is 1. The van der Waals surface area contributed by atoms with Gasteiger partial charge in [-0.2, -0.15) is 0 Å². The predicted octanol–water partition coefficient (Wildman–Crippen LogP) is 1.45. The number of hydrogen-bond acceptors (Lipinski definition) is 9. The Morgan fingerprint density at radius 1 is 0.683 bits per heavy atom. The molecule has 9 nitrogen and oxygen atoms in total. The molecule has 0 spiro atoms. The zero-order valence-corrected chi connectivity index (χ0v) is 25.7. The molecule has 6 rings (SSSR count). The summed E-state index contributed by atoms with van der Waals surface area (Å²) in [4.78, 5) is 27.4. The van der Waals surface area contributed by atoms with E-state index in [1.807, 2.05) is 0 Å². The van der Waals surface area contributed by atoms with Crippen LogP contribution in [0.5, 0.6) is 0 Å². The highest BCUT2D eigenvalue weighted by Crippen LogP contribution is 2.19. The molecule has 4 aliphatic heterocycles. The maximum absolute atomic E-state index is 4.81. The fraction of sp³-hybridized carbons (Fsp3) is 0.688. The number of benzene rings is 1. The van der Waals surface area contributed by atoms with E-state index in [9.17, 15) is 0 Å². The maximum Gasteiger partial charge on any atom is 0.225 e. The fourth-order valence-corrected chi connectivity index (χ4v) is 7.03. The highest BCUT2D eigenvalue weighted by atomic mass is 15.3. The third-order valence-electron chi connectivity index (χ3n) is 9.84. The molecule has 0 saturated carbocycles. The van der Waals surface area contributed by atoms with Gasteiger partial charge in [0.1, 0.15) is 0 Å². The Kier molecular flexibility index (Phi) is 9.37. The Balaban J connectivity index is 0.918. The minimum absolute atomic E-state index is 0.519. The van der Waals surface area contributed by atoms with E-state index in [0.717, 1.165) is 96.8 Å². The van der Waals surface area contributed by atoms with Gasteiger partial charge in [0.2, 0.25) is 5.95 Å². The third kappa shape index (κ3) is 7.56. The molecule has 4 aliphatic rings. The van der Waals surface area contributed by atoms with Crippen molar-refractivity contribution < 1.29 is 0 Å². The van der Waals surface area contributed by atoms with Crippen molar-refractivity contribution in [1.82, 2.24) is 34.5 Å². The summed E-state index contributed by atoms with van der Waals surface area (Å²) < 4.78 is 0. The molecule has 0 N–H and O–H groups in total. The van der Waals surface area contributed by atoms with Gasteiger partial charge in [-0.05, 0) is 51.1 Å². The lowest BCUT2D eigenvalue weighted by molar-refractivity contribution is 0.0851. The van der Waals surface area contributed by atoms with Crippen LogP contribution in [0.3, 0.4) is 0 Å². The van der Waals surface area contributed by atoms with Gasteiger partial charge in [-0.3, -0.25) is 14.7 Å². The summed E-state index contributed by atoms with van der Waals surface area (Å²) in [7, 11) is 4.50. The highest BCUT2D eigenvalue weighted by Gasteiger charge is 2.28. The van der Waals surface area contributed by atoms with Crippen LogP contribution >= 0.6 is 0 Å². The number of hydrogen-bond donors (Lipinski definition) is 0. The lowest BCUT2D eigenvalue weighted by atomic mass is 10.0. The van der Waals surface area contributed by atoms with Gasteiger partial charge < -0.3 is 19.6 Å². The average Bonchev–Trinajstić information content (AvgIpc) is 2.98. The summed E-state index contributed by atoms with van der Waals surface area (Å²) in [5.41, 5.74) is 3.95. The second kappa shape index (κ2) is 13.3. The summed E-state index contributed by atoms with van der Waals surface area (Å²) >= 11 is 0. The molecule has 9 heteroatoms. The second-order valence-electron chi connectivity index (χ2n) is 13.1. The maximum atomic E-state index is 4.81. The quantitative estimate of drug-likeness (QED) is 0.453. The first-order chi connectivity index (χ1) is 20.0. The third-order valence-corrected chi connectivity index (χ3v) is 9.84. The van der Waals surface area contributed by atoms with E-state index in [4.69, 9.17) is 9.97 Å². The van der Waals surface area contributed by atoms with Crippen molar-refractivity contribution >= 4 is 11.6 Å². The SMILES string of the molecule is Cc1ccc(N2CCN(CCN3CCN(C)C(Cc4cnc(N5CCN(CC6CN(C)C6)CC5)nc4)C3)CC2)cc1. The molecule has 2 aromatic rings. The number of nitrogens with zero attached hydrogens (tertiary/aromatic N) is 9. The molecule has 41 heavy (non-hydrogen) atoms. The van der Waals surface area contributed by atoms with Crippen molar-refractivity contribution in [1.29, 1.82) is 0 Å². The first kappa shape index (κ1) is 28.8. The number of aryl methyl sites for hydroxylation is 1. The molecular formula is C32H51N9. The molecular weight excluding hydrogens is 510 g/mol. The van der Waals surface area contributed by atoms with Crippen molar-refractivity contribution in [2.75, 3.05) is 129 Å². The standard InChI is InChI=1S/C32H51N9/c1-27-4-6-30(7-5-27)40-16-12-37(13-17-40)10-11-39-9-8-36(3)31(26-39)20-28-21-33-32(34-22-28)41-18-14-38(15-19-41)25-29-23-35(2)24-29/h4-7,21-22,29,31H,8-20,23-26H2,1-3H3. The summed E-state index contributed by atoms with van der Waals surface area (Å²) in [5.74, 6) is 1.76. The monoisotopic (exact) mass is 561 g/mol. The highest BCUT2D eigenvalue weighted by molar-refractivity contribution is 5.47. The molecule has 5 heterocycles. The summed E-state index contributed by atoms with van der Waals surface area (Å²) in [6.07, 6.45) is 5.19. The molecule has 0 amide bonds. The lowest BCUT2D eigenvalue weighted by Crippen LogP contribution is -2.54. The Labute approximate surface area is 247 Å². The Morgan fingerprint density at radius 3 is 1.98 bits per heavy atom. The van der Waals surface area contributed by atoms with Crippen LogP contribution in [0.25, 0.3) is 0 Å². The topological polar surface area (TPSA) is 48.5 Å². The largest absolute Gasteiger partial charge is 0.369 e. The van der Waals surface area contributed by atoms with Crippen LogP contribution in [0.1, 0.15) is 11.1 Å². The van der Waals surface area contributed by atoms with Gasteiger partial charge in [0.25, 0.3) is 0 Å². The van der Waals surface area contributed by atoms with Crippen molar-refractivity contribution in [3.63, 3.8) is 0 Å². The van der Waals surface area contributed by atoms with Crippen LogP contribution in [-0.4, -0.2) is 159 Å². The number of likely N-dealkylation sites (N-methyl/N-ethyl adjacent to an activating group) is 1. The number of rotatable bonds is 9. The zero-order chi connectivity index (χ0) is 28.2. The van der Waals surface area contributed by atoms with E-state index >= 15 is 0 Å². The van der Waals surface area contributed by atoms with E-state index in [1.165, 1.54) is 43.0 Å². The molecule has 0 radical (unpaired) electrons. The van der Waals surface area contributed by atoms with E-state index in [-0.39, 0.29) is 0 Å². The van der Waals surface area contributed by atoms with E-state index in [0.29, 0.717) is 6.04 Å². The minimum Gasteiger partial charge on any atom is -0.369 e. The molecule has 1 atom stereocenters. The van der Waals surface area contributed by atoms with Crippen LogP contribution in [0.2, 0.25) is 0 Å².